The first kappa shape index (κ1) is 15.2. The topological polar surface area (TPSA) is 67.9 Å². The molecule has 0 saturated carbocycles. The average molecular weight is 285 g/mol. The Hall–Kier alpha value is -2.17. The van der Waals surface area contributed by atoms with E-state index in [1.165, 1.54) is 0 Å². The Kier molecular flexibility index (Phi) is 5.09. The monoisotopic (exact) mass is 285 g/mol. The molecule has 2 aromatic rings. The van der Waals surface area contributed by atoms with Gasteiger partial charge in [0.1, 0.15) is 17.5 Å². The van der Waals surface area contributed by atoms with Crippen molar-refractivity contribution in [3.63, 3.8) is 0 Å². The third-order valence-electron chi connectivity index (χ3n) is 3.44. The molecule has 2 heterocycles. The van der Waals surface area contributed by atoms with E-state index >= 15 is 0 Å². The lowest BCUT2D eigenvalue weighted by atomic mass is 10.2. The van der Waals surface area contributed by atoms with Gasteiger partial charge in [-0.1, -0.05) is 13.0 Å². The molecule has 0 aliphatic heterocycles. The van der Waals surface area contributed by atoms with Crippen molar-refractivity contribution in [3.05, 3.63) is 41.5 Å². The van der Waals surface area contributed by atoms with Gasteiger partial charge in [0, 0.05) is 24.7 Å². The van der Waals surface area contributed by atoms with E-state index in [2.05, 4.69) is 28.7 Å². The summed E-state index contributed by atoms with van der Waals surface area (Å²) in [5.74, 6) is 2.30. The van der Waals surface area contributed by atoms with Crippen LogP contribution in [0.25, 0.3) is 0 Å². The summed E-state index contributed by atoms with van der Waals surface area (Å²) < 4.78 is 0. The highest BCUT2D eigenvalue weighted by molar-refractivity contribution is 5.56. The summed E-state index contributed by atoms with van der Waals surface area (Å²) in [6.07, 6.45) is 3.67. The molecule has 0 saturated heterocycles. The normalized spacial score (nSPS) is 10.6. The van der Waals surface area contributed by atoms with Gasteiger partial charge in [-0.2, -0.15) is 0 Å². The summed E-state index contributed by atoms with van der Waals surface area (Å²) in [4.78, 5) is 15.6. The quantitative estimate of drug-likeness (QED) is 0.884. The van der Waals surface area contributed by atoms with E-state index in [4.69, 9.17) is 10.7 Å². The van der Waals surface area contributed by atoms with Gasteiger partial charge in [-0.3, -0.25) is 4.98 Å². The molecule has 0 spiro atoms. The lowest BCUT2D eigenvalue weighted by Gasteiger charge is -2.24. The average Bonchev–Trinajstić information content (AvgIpc) is 2.50. The zero-order valence-electron chi connectivity index (χ0n) is 13.0. The van der Waals surface area contributed by atoms with Crippen molar-refractivity contribution in [2.45, 2.75) is 40.2 Å². The largest absolute Gasteiger partial charge is 0.383 e. The second kappa shape index (κ2) is 7.02. The van der Waals surface area contributed by atoms with Crippen LogP contribution in [0.2, 0.25) is 0 Å². The van der Waals surface area contributed by atoms with E-state index in [-0.39, 0.29) is 0 Å². The molecule has 2 aromatic heterocycles. The number of nitrogens with zero attached hydrogens (tertiary/aromatic N) is 4. The summed E-state index contributed by atoms with van der Waals surface area (Å²) in [7, 11) is 0. The summed E-state index contributed by atoms with van der Waals surface area (Å²) in [5.41, 5.74) is 8.00. The molecule has 0 aromatic carbocycles. The fourth-order valence-corrected chi connectivity index (χ4v) is 2.24. The summed E-state index contributed by atoms with van der Waals surface area (Å²) >= 11 is 0. The van der Waals surface area contributed by atoms with E-state index in [1.807, 2.05) is 31.3 Å². The van der Waals surface area contributed by atoms with E-state index in [9.17, 15) is 0 Å². The summed E-state index contributed by atoms with van der Waals surface area (Å²) in [6.45, 7) is 7.77. The number of rotatable bonds is 6. The molecule has 0 fully saturated rings. The van der Waals surface area contributed by atoms with Crippen LogP contribution in [0.3, 0.4) is 0 Å². The van der Waals surface area contributed by atoms with Crippen LogP contribution in [0.5, 0.6) is 0 Å². The van der Waals surface area contributed by atoms with Crippen molar-refractivity contribution < 1.29 is 0 Å². The lowest BCUT2D eigenvalue weighted by molar-refractivity contribution is 0.765. The van der Waals surface area contributed by atoms with Crippen LogP contribution in [-0.4, -0.2) is 21.5 Å². The van der Waals surface area contributed by atoms with Crippen LogP contribution in [0, 0.1) is 6.92 Å². The predicted octanol–water partition coefficient (Wildman–Crippen LogP) is 2.74. The van der Waals surface area contributed by atoms with E-state index < -0.39 is 0 Å². The lowest BCUT2D eigenvalue weighted by Crippen LogP contribution is -2.25. The third-order valence-corrected chi connectivity index (χ3v) is 3.44. The van der Waals surface area contributed by atoms with Crippen molar-refractivity contribution in [3.8, 4) is 0 Å². The van der Waals surface area contributed by atoms with Gasteiger partial charge in [0.05, 0.1) is 12.2 Å². The van der Waals surface area contributed by atoms with Gasteiger partial charge in [-0.25, -0.2) is 9.97 Å². The highest BCUT2D eigenvalue weighted by Gasteiger charge is 2.15. The molecule has 0 radical (unpaired) electrons. The number of pyridine rings is 1. The molecular weight excluding hydrogens is 262 g/mol. The molecule has 0 atom stereocenters. The van der Waals surface area contributed by atoms with Crippen molar-refractivity contribution in [2.75, 3.05) is 17.2 Å². The van der Waals surface area contributed by atoms with Gasteiger partial charge in [-0.05, 0) is 32.4 Å². The van der Waals surface area contributed by atoms with Crippen LogP contribution >= 0.6 is 0 Å². The smallest absolute Gasteiger partial charge is 0.137 e. The Morgan fingerprint density at radius 1 is 1.19 bits per heavy atom. The van der Waals surface area contributed by atoms with E-state index in [0.717, 1.165) is 48.8 Å². The van der Waals surface area contributed by atoms with Crippen molar-refractivity contribution in [2.24, 2.45) is 0 Å². The standard InChI is InChI=1S/C16H23N5/c1-4-8-14-19-15(17)12(3)16(20-14)21(5-2)11-13-9-6-7-10-18-13/h6-7,9-10H,4-5,8,11H2,1-3H3,(H2,17,19,20). The molecule has 0 amide bonds. The van der Waals surface area contributed by atoms with Crippen LogP contribution in [0.1, 0.15) is 37.4 Å². The first-order chi connectivity index (χ1) is 10.2. The van der Waals surface area contributed by atoms with Crippen LogP contribution in [0.15, 0.2) is 24.4 Å². The molecule has 112 valence electrons. The number of hydrogen-bond acceptors (Lipinski definition) is 5. The van der Waals surface area contributed by atoms with Gasteiger partial charge < -0.3 is 10.6 Å². The Balaban J connectivity index is 2.32. The molecule has 0 aliphatic rings. The molecule has 0 bridgehead atoms. The number of aromatic nitrogens is 3. The molecule has 5 heteroatoms. The number of nitrogen functional groups attached to an aromatic ring is 1. The summed E-state index contributed by atoms with van der Waals surface area (Å²) in [5, 5.41) is 0. The molecule has 5 nitrogen and oxygen atoms in total. The predicted molar refractivity (Wildman–Crippen MR) is 86.1 cm³/mol. The highest BCUT2D eigenvalue weighted by atomic mass is 15.2. The second-order valence-corrected chi connectivity index (χ2v) is 5.06. The van der Waals surface area contributed by atoms with Gasteiger partial charge >= 0.3 is 0 Å². The first-order valence-corrected chi connectivity index (χ1v) is 7.43. The fourth-order valence-electron chi connectivity index (χ4n) is 2.24. The fraction of sp³-hybridized carbons (Fsp3) is 0.438. The van der Waals surface area contributed by atoms with Gasteiger partial charge in [0.25, 0.3) is 0 Å². The zero-order chi connectivity index (χ0) is 15.2. The molecule has 21 heavy (non-hydrogen) atoms. The molecule has 2 N–H and O–H groups in total. The van der Waals surface area contributed by atoms with E-state index in [0.29, 0.717) is 5.82 Å². The van der Waals surface area contributed by atoms with Gasteiger partial charge in [0.15, 0.2) is 0 Å². The van der Waals surface area contributed by atoms with Crippen molar-refractivity contribution in [1.82, 2.24) is 15.0 Å². The maximum absolute atomic E-state index is 6.04. The Labute approximate surface area is 126 Å². The number of hydrogen-bond donors (Lipinski definition) is 1. The maximum atomic E-state index is 6.04. The molecule has 0 aliphatic carbocycles. The third kappa shape index (κ3) is 3.68. The van der Waals surface area contributed by atoms with Gasteiger partial charge in [0.2, 0.25) is 0 Å². The summed E-state index contributed by atoms with van der Waals surface area (Å²) in [6, 6.07) is 5.95. The first-order valence-electron chi connectivity index (χ1n) is 7.43. The molecular formula is C16H23N5. The van der Waals surface area contributed by atoms with Crippen LogP contribution in [0.4, 0.5) is 11.6 Å². The number of nitrogens with two attached hydrogens (primary N) is 1. The van der Waals surface area contributed by atoms with Crippen LogP contribution in [-0.2, 0) is 13.0 Å². The Morgan fingerprint density at radius 2 is 2.00 bits per heavy atom. The van der Waals surface area contributed by atoms with Gasteiger partial charge in [-0.15, -0.1) is 0 Å². The maximum Gasteiger partial charge on any atom is 0.137 e. The highest BCUT2D eigenvalue weighted by Crippen LogP contribution is 2.23. The number of anilines is 2. The zero-order valence-corrected chi connectivity index (χ0v) is 13.0. The number of aryl methyl sites for hydroxylation is 1. The van der Waals surface area contributed by atoms with E-state index in [1.54, 1.807) is 0 Å². The van der Waals surface area contributed by atoms with Crippen molar-refractivity contribution >= 4 is 11.6 Å². The molecule has 2 rings (SSSR count). The Bertz CT molecular complexity index is 583. The minimum atomic E-state index is 0.572. The second-order valence-electron chi connectivity index (χ2n) is 5.06. The van der Waals surface area contributed by atoms with Crippen molar-refractivity contribution in [1.29, 1.82) is 0 Å². The van der Waals surface area contributed by atoms with Crippen LogP contribution < -0.4 is 10.6 Å². The minimum absolute atomic E-state index is 0.572. The Morgan fingerprint density at radius 3 is 2.62 bits per heavy atom. The molecule has 0 unspecified atom stereocenters. The minimum Gasteiger partial charge on any atom is -0.383 e. The SMILES string of the molecule is CCCc1nc(N)c(C)c(N(CC)Cc2ccccn2)n1.